The number of rotatable bonds is 3. The van der Waals surface area contributed by atoms with Crippen molar-refractivity contribution in [2.24, 2.45) is 0 Å². The quantitative estimate of drug-likeness (QED) is 0.827. The number of hydrogen-bond acceptors (Lipinski definition) is 1. The van der Waals surface area contributed by atoms with Gasteiger partial charge in [-0.15, -0.1) is 0 Å². The molecule has 2 rings (SSSR count). The van der Waals surface area contributed by atoms with Crippen LogP contribution in [0.2, 0.25) is 0 Å². The number of benzene rings is 2. The van der Waals surface area contributed by atoms with Gasteiger partial charge in [-0.05, 0) is 48.2 Å². The van der Waals surface area contributed by atoms with E-state index in [0.29, 0.717) is 5.92 Å². The van der Waals surface area contributed by atoms with Gasteiger partial charge >= 0.3 is 6.03 Å². The highest BCUT2D eigenvalue weighted by Gasteiger charge is 2.06. The molecule has 0 bridgehead atoms. The van der Waals surface area contributed by atoms with Crippen molar-refractivity contribution in [3.63, 3.8) is 0 Å². The highest BCUT2D eigenvalue weighted by molar-refractivity contribution is 5.99. The Labute approximate surface area is 120 Å². The van der Waals surface area contributed by atoms with Crippen molar-refractivity contribution in [1.82, 2.24) is 0 Å². The molecular weight excluding hydrogens is 248 g/mol. The van der Waals surface area contributed by atoms with Crippen molar-refractivity contribution >= 4 is 17.4 Å². The zero-order chi connectivity index (χ0) is 14.5. The summed E-state index contributed by atoms with van der Waals surface area (Å²) in [6.07, 6.45) is 0. The maximum atomic E-state index is 11.9. The lowest BCUT2D eigenvalue weighted by Crippen LogP contribution is -2.19. The Hall–Kier alpha value is -2.29. The summed E-state index contributed by atoms with van der Waals surface area (Å²) < 4.78 is 0. The van der Waals surface area contributed by atoms with E-state index >= 15 is 0 Å². The predicted molar refractivity (Wildman–Crippen MR) is 84.4 cm³/mol. The van der Waals surface area contributed by atoms with Crippen LogP contribution >= 0.6 is 0 Å². The monoisotopic (exact) mass is 268 g/mol. The van der Waals surface area contributed by atoms with Crippen molar-refractivity contribution < 1.29 is 4.79 Å². The topological polar surface area (TPSA) is 41.1 Å². The number of aryl methyl sites for hydroxylation is 1. The van der Waals surface area contributed by atoms with E-state index in [1.807, 2.05) is 42.5 Å². The fourth-order valence-electron chi connectivity index (χ4n) is 2.22. The summed E-state index contributed by atoms with van der Waals surface area (Å²) in [6.45, 7) is 6.39. The number of anilines is 2. The van der Waals surface area contributed by atoms with E-state index in [1.165, 1.54) is 11.1 Å². The van der Waals surface area contributed by atoms with Gasteiger partial charge < -0.3 is 10.6 Å². The summed E-state index contributed by atoms with van der Waals surface area (Å²) in [7, 11) is 0. The maximum Gasteiger partial charge on any atom is 0.323 e. The first-order valence-electron chi connectivity index (χ1n) is 6.80. The number of amides is 2. The largest absolute Gasteiger partial charge is 0.323 e. The number of carbonyl (C=O) groups is 1. The number of nitrogens with one attached hydrogen (secondary N) is 2. The molecule has 0 aliphatic carbocycles. The minimum atomic E-state index is -0.229. The molecule has 0 heterocycles. The van der Waals surface area contributed by atoms with Crippen molar-refractivity contribution in [3.8, 4) is 0 Å². The molecule has 0 aliphatic rings. The number of urea groups is 1. The number of hydrogen-bond donors (Lipinski definition) is 2. The van der Waals surface area contributed by atoms with Crippen LogP contribution in [0, 0.1) is 6.92 Å². The van der Waals surface area contributed by atoms with Gasteiger partial charge in [0.05, 0.1) is 0 Å². The molecule has 0 atom stereocenters. The fraction of sp³-hybridized carbons (Fsp3) is 0.235. The van der Waals surface area contributed by atoms with E-state index < -0.39 is 0 Å². The maximum absolute atomic E-state index is 11.9. The third-order valence-corrected chi connectivity index (χ3v) is 3.18. The number of carbonyl (C=O) groups excluding carboxylic acids is 1. The lowest BCUT2D eigenvalue weighted by molar-refractivity contribution is 0.262. The van der Waals surface area contributed by atoms with Gasteiger partial charge in [0.25, 0.3) is 0 Å². The van der Waals surface area contributed by atoms with Crippen molar-refractivity contribution in [2.45, 2.75) is 26.7 Å². The average Bonchev–Trinajstić information content (AvgIpc) is 2.39. The van der Waals surface area contributed by atoms with E-state index in [9.17, 15) is 4.79 Å². The van der Waals surface area contributed by atoms with E-state index in [0.717, 1.165) is 11.4 Å². The van der Waals surface area contributed by atoms with Crippen LogP contribution in [0.4, 0.5) is 16.2 Å². The molecule has 2 amide bonds. The second kappa shape index (κ2) is 6.24. The minimum absolute atomic E-state index is 0.229. The molecule has 0 fully saturated rings. The molecule has 2 aromatic rings. The second-order valence-corrected chi connectivity index (χ2v) is 5.17. The van der Waals surface area contributed by atoms with Crippen LogP contribution in [0.15, 0.2) is 48.5 Å². The lowest BCUT2D eigenvalue weighted by atomic mass is 9.98. The molecule has 0 radical (unpaired) electrons. The summed E-state index contributed by atoms with van der Waals surface area (Å²) in [5, 5.41) is 5.64. The zero-order valence-corrected chi connectivity index (χ0v) is 12.1. The summed E-state index contributed by atoms with van der Waals surface area (Å²) in [5.41, 5.74) is 4.08. The van der Waals surface area contributed by atoms with Crippen LogP contribution in [0.5, 0.6) is 0 Å². The first-order chi connectivity index (χ1) is 9.56. The standard InChI is InChI=1S/C17H20N2O/c1-12(2)16-10-9-15(11-13(16)3)19-17(20)18-14-7-5-4-6-8-14/h4-12H,1-3H3,(H2,18,19,20). The van der Waals surface area contributed by atoms with Gasteiger partial charge in [-0.2, -0.15) is 0 Å². The van der Waals surface area contributed by atoms with E-state index in [2.05, 4.69) is 37.5 Å². The van der Waals surface area contributed by atoms with Gasteiger partial charge in [0, 0.05) is 11.4 Å². The molecule has 0 unspecified atom stereocenters. The normalized spacial score (nSPS) is 10.4. The van der Waals surface area contributed by atoms with Crippen molar-refractivity contribution in [2.75, 3.05) is 10.6 Å². The summed E-state index contributed by atoms with van der Waals surface area (Å²) in [6, 6.07) is 15.2. The summed E-state index contributed by atoms with van der Waals surface area (Å²) >= 11 is 0. The molecule has 104 valence electrons. The van der Waals surface area contributed by atoms with Gasteiger partial charge in [-0.1, -0.05) is 38.1 Å². The van der Waals surface area contributed by atoms with Crippen LogP contribution in [-0.2, 0) is 0 Å². The van der Waals surface area contributed by atoms with Crippen LogP contribution in [0.1, 0.15) is 30.9 Å². The molecule has 0 aliphatic heterocycles. The Bertz CT molecular complexity index is 591. The SMILES string of the molecule is Cc1cc(NC(=O)Nc2ccccc2)ccc1C(C)C. The second-order valence-electron chi connectivity index (χ2n) is 5.17. The zero-order valence-electron chi connectivity index (χ0n) is 12.1. The fourth-order valence-corrected chi connectivity index (χ4v) is 2.22. The Morgan fingerprint density at radius 3 is 2.20 bits per heavy atom. The third kappa shape index (κ3) is 3.60. The first-order valence-corrected chi connectivity index (χ1v) is 6.80. The van der Waals surface area contributed by atoms with Gasteiger partial charge in [0.2, 0.25) is 0 Å². The molecule has 20 heavy (non-hydrogen) atoms. The average molecular weight is 268 g/mol. The van der Waals surface area contributed by atoms with Crippen molar-refractivity contribution in [3.05, 3.63) is 59.7 Å². The molecule has 2 N–H and O–H groups in total. The van der Waals surface area contributed by atoms with E-state index in [-0.39, 0.29) is 6.03 Å². The van der Waals surface area contributed by atoms with Crippen LogP contribution in [0.25, 0.3) is 0 Å². The smallest absolute Gasteiger partial charge is 0.308 e. The molecular formula is C17H20N2O. The highest BCUT2D eigenvalue weighted by atomic mass is 16.2. The minimum Gasteiger partial charge on any atom is -0.308 e. The lowest BCUT2D eigenvalue weighted by Gasteiger charge is -2.12. The Morgan fingerprint density at radius 1 is 0.950 bits per heavy atom. The Balaban J connectivity index is 2.03. The van der Waals surface area contributed by atoms with E-state index in [4.69, 9.17) is 0 Å². The van der Waals surface area contributed by atoms with E-state index in [1.54, 1.807) is 0 Å². The molecule has 0 saturated heterocycles. The van der Waals surface area contributed by atoms with Crippen LogP contribution in [0.3, 0.4) is 0 Å². The van der Waals surface area contributed by atoms with Gasteiger partial charge in [-0.3, -0.25) is 0 Å². The van der Waals surface area contributed by atoms with Crippen molar-refractivity contribution in [1.29, 1.82) is 0 Å². The Morgan fingerprint density at radius 2 is 1.60 bits per heavy atom. The molecule has 2 aromatic carbocycles. The number of para-hydroxylation sites is 1. The summed E-state index contributed by atoms with van der Waals surface area (Å²) in [4.78, 5) is 11.9. The highest BCUT2D eigenvalue weighted by Crippen LogP contribution is 2.22. The molecule has 0 aromatic heterocycles. The van der Waals surface area contributed by atoms with Gasteiger partial charge in [0.1, 0.15) is 0 Å². The third-order valence-electron chi connectivity index (χ3n) is 3.18. The molecule has 3 heteroatoms. The molecule has 0 spiro atoms. The van der Waals surface area contributed by atoms with Crippen LogP contribution in [-0.4, -0.2) is 6.03 Å². The van der Waals surface area contributed by atoms with Gasteiger partial charge in [0.15, 0.2) is 0 Å². The Kier molecular flexibility index (Phi) is 4.41. The first kappa shape index (κ1) is 14.1. The molecule has 0 saturated carbocycles. The van der Waals surface area contributed by atoms with Crippen LogP contribution < -0.4 is 10.6 Å². The molecule has 3 nitrogen and oxygen atoms in total. The summed E-state index contributed by atoms with van der Waals surface area (Å²) in [5.74, 6) is 0.488. The predicted octanol–water partition coefficient (Wildman–Crippen LogP) is 4.76. The van der Waals surface area contributed by atoms with Gasteiger partial charge in [-0.25, -0.2) is 4.79 Å².